The zero-order valence-electron chi connectivity index (χ0n) is 16.7. The Bertz CT molecular complexity index is 1230. The van der Waals surface area contributed by atoms with Gasteiger partial charge < -0.3 is 10.1 Å². The molecule has 0 amide bonds. The Morgan fingerprint density at radius 2 is 2.10 bits per heavy atom. The smallest absolute Gasteiger partial charge is 0.330 e. The molecular weight excluding hydrogens is 378 g/mol. The van der Waals surface area contributed by atoms with E-state index in [0.29, 0.717) is 12.4 Å². The number of benzene rings is 2. The van der Waals surface area contributed by atoms with Gasteiger partial charge in [-0.3, -0.25) is 5.10 Å². The van der Waals surface area contributed by atoms with Crippen LogP contribution in [0.25, 0.3) is 28.4 Å². The number of aromatic nitrogens is 4. The molecule has 0 saturated heterocycles. The Labute approximate surface area is 173 Å². The zero-order valence-corrected chi connectivity index (χ0v) is 16.7. The topological polar surface area (TPSA) is 92.8 Å². The molecule has 0 unspecified atom stereocenters. The lowest BCUT2D eigenvalue weighted by molar-refractivity contribution is -0.137. The van der Waals surface area contributed by atoms with Crippen molar-refractivity contribution in [1.82, 2.24) is 20.2 Å². The van der Waals surface area contributed by atoms with Gasteiger partial charge in [-0.15, -0.1) is 0 Å². The highest BCUT2D eigenvalue weighted by atomic mass is 16.5. The largest absolute Gasteiger partial charge is 0.463 e. The second kappa shape index (κ2) is 8.57. The van der Waals surface area contributed by atoms with Crippen molar-refractivity contribution in [3.63, 3.8) is 0 Å². The molecule has 7 heteroatoms. The lowest BCUT2D eigenvalue weighted by Gasteiger charge is -2.10. The Morgan fingerprint density at radius 3 is 2.97 bits per heavy atom. The van der Waals surface area contributed by atoms with E-state index in [0.717, 1.165) is 39.1 Å². The number of hydrogen-bond acceptors (Lipinski definition) is 6. The summed E-state index contributed by atoms with van der Waals surface area (Å²) >= 11 is 0. The summed E-state index contributed by atoms with van der Waals surface area (Å²) in [5, 5.41) is 11.4. The number of anilines is 2. The number of aryl methyl sites for hydroxylation is 1. The number of aromatic amines is 1. The number of carbonyl (C=O) groups is 1. The molecule has 0 aliphatic heterocycles. The van der Waals surface area contributed by atoms with Gasteiger partial charge in [0, 0.05) is 34.5 Å². The van der Waals surface area contributed by atoms with Gasteiger partial charge in [-0.2, -0.15) is 5.10 Å². The second-order valence-electron chi connectivity index (χ2n) is 6.73. The Balaban J connectivity index is 1.59. The van der Waals surface area contributed by atoms with Gasteiger partial charge in [-0.1, -0.05) is 18.2 Å². The van der Waals surface area contributed by atoms with E-state index >= 15 is 0 Å². The average Bonchev–Trinajstić information content (AvgIpc) is 3.22. The molecule has 0 aliphatic rings. The minimum atomic E-state index is -0.365. The van der Waals surface area contributed by atoms with E-state index in [2.05, 4.69) is 20.5 Å². The first kappa shape index (κ1) is 19.3. The molecule has 2 N–H and O–H groups in total. The molecule has 2 aromatic heterocycles. The molecule has 0 bridgehead atoms. The Kier molecular flexibility index (Phi) is 5.52. The Hall–Kier alpha value is -4.00. The molecule has 0 fully saturated rings. The summed E-state index contributed by atoms with van der Waals surface area (Å²) < 4.78 is 4.92. The molecule has 0 saturated carbocycles. The standard InChI is InChI=1S/C23H21N5O2/c1-3-30-21(29)10-7-16-5-4-6-17(11-16)23-24-13-15(2)22(27-23)26-19-8-9-20-18(12-19)14-25-28-20/h4-14H,3H2,1-2H3,(H,25,28)(H,24,26,27)/b10-7+. The van der Waals surface area contributed by atoms with Crippen LogP contribution in [0.15, 0.2) is 60.9 Å². The predicted molar refractivity (Wildman–Crippen MR) is 117 cm³/mol. The monoisotopic (exact) mass is 399 g/mol. The highest BCUT2D eigenvalue weighted by Gasteiger charge is 2.08. The van der Waals surface area contributed by atoms with Crippen LogP contribution in [0.3, 0.4) is 0 Å². The van der Waals surface area contributed by atoms with Crippen molar-refractivity contribution in [2.75, 3.05) is 11.9 Å². The van der Waals surface area contributed by atoms with Crippen LogP contribution < -0.4 is 5.32 Å². The van der Waals surface area contributed by atoms with Gasteiger partial charge in [0.1, 0.15) is 5.82 Å². The molecule has 2 aromatic carbocycles. The molecule has 0 atom stereocenters. The fourth-order valence-corrected chi connectivity index (χ4v) is 3.00. The minimum absolute atomic E-state index is 0.351. The quantitative estimate of drug-likeness (QED) is 0.362. The molecule has 4 rings (SSSR count). The van der Waals surface area contributed by atoms with Gasteiger partial charge >= 0.3 is 5.97 Å². The summed E-state index contributed by atoms with van der Waals surface area (Å²) in [4.78, 5) is 20.7. The van der Waals surface area contributed by atoms with Gasteiger partial charge in [0.05, 0.1) is 18.3 Å². The summed E-state index contributed by atoms with van der Waals surface area (Å²) in [7, 11) is 0. The number of nitrogens with zero attached hydrogens (tertiary/aromatic N) is 3. The number of ether oxygens (including phenoxy) is 1. The number of rotatable bonds is 6. The number of hydrogen-bond donors (Lipinski definition) is 2. The van der Waals surface area contributed by atoms with Crippen LogP contribution in [0.1, 0.15) is 18.1 Å². The first-order valence-electron chi connectivity index (χ1n) is 9.61. The number of fused-ring (bicyclic) bond motifs is 1. The fraction of sp³-hybridized carbons (Fsp3) is 0.130. The first-order valence-corrected chi connectivity index (χ1v) is 9.61. The third-order valence-corrected chi connectivity index (χ3v) is 4.52. The summed E-state index contributed by atoms with van der Waals surface area (Å²) in [5.41, 5.74) is 4.56. The van der Waals surface area contributed by atoms with Gasteiger partial charge in [-0.25, -0.2) is 14.8 Å². The molecule has 4 aromatic rings. The zero-order chi connectivity index (χ0) is 20.9. The number of nitrogens with one attached hydrogen (secondary N) is 2. The molecule has 2 heterocycles. The van der Waals surface area contributed by atoms with Gasteiger partial charge in [-0.05, 0) is 49.8 Å². The van der Waals surface area contributed by atoms with Gasteiger partial charge in [0.15, 0.2) is 5.82 Å². The van der Waals surface area contributed by atoms with Crippen molar-refractivity contribution in [3.8, 4) is 11.4 Å². The first-order chi connectivity index (χ1) is 14.6. The summed E-state index contributed by atoms with van der Waals surface area (Å²) in [6.45, 7) is 4.09. The predicted octanol–water partition coefficient (Wildman–Crippen LogP) is 4.65. The van der Waals surface area contributed by atoms with E-state index < -0.39 is 0 Å². The van der Waals surface area contributed by atoms with Crippen LogP contribution in [-0.2, 0) is 9.53 Å². The van der Waals surface area contributed by atoms with E-state index in [4.69, 9.17) is 9.72 Å². The third kappa shape index (κ3) is 4.35. The van der Waals surface area contributed by atoms with Crippen molar-refractivity contribution < 1.29 is 9.53 Å². The highest BCUT2D eigenvalue weighted by molar-refractivity contribution is 5.87. The molecule has 0 aliphatic carbocycles. The molecule has 7 nitrogen and oxygen atoms in total. The summed E-state index contributed by atoms with van der Waals surface area (Å²) in [5.74, 6) is 0.963. The highest BCUT2D eigenvalue weighted by Crippen LogP contribution is 2.24. The number of esters is 1. The SMILES string of the molecule is CCOC(=O)/C=C/c1cccc(-c2ncc(C)c(Nc3ccc4[nH]ncc4c3)n2)c1. The Morgan fingerprint density at radius 1 is 1.20 bits per heavy atom. The fourth-order valence-electron chi connectivity index (χ4n) is 3.00. The third-order valence-electron chi connectivity index (χ3n) is 4.52. The average molecular weight is 399 g/mol. The van der Waals surface area contributed by atoms with E-state index in [1.165, 1.54) is 6.08 Å². The summed E-state index contributed by atoms with van der Waals surface area (Å²) in [6, 6.07) is 13.6. The molecule has 0 spiro atoms. The molecule has 30 heavy (non-hydrogen) atoms. The minimum Gasteiger partial charge on any atom is -0.463 e. The molecular formula is C23H21N5O2. The number of H-pyrrole nitrogens is 1. The maximum absolute atomic E-state index is 11.5. The van der Waals surface area contributed by atoms with Crippen LogP contribution in [0, 0.1) is 6.92 Å². The summed E-state index contributed by atoms with van der Waals surface area (Å²) in [6.07, 6.45) is 6.71. The van der Waals surface area contributed by atoms with Crippen LogP contribution in [0.5, 0.6) is 0 Å². The lowest BCUT2D eigenvalue weighted by atomic mass is 10.1. The van der Waals surface area contributed by atoms with Gasteiger partial charge in [0.25, 0.3) is 0 Å². The van der Waals surface area contributed by atoms with Crippen LogP contribution in [-0.4, -0.2) is 32.7 Å². The normalized spacial score (nSPS) is 11.1. The van der Waals surface area contributed by atoms with Crippen molar-refractivity contribution in [3.05, 3.63) is 72.1 Å². The maximum Gasteiger partial charge on any atom is 0.330 e. The van der Waals surface area contributed by atoms with E-state index in [1.807, 2.05) is 49.4 Å². The van der Waals surface area contributed by atoms with Crippen molar-refractivity contribution in [1.29, 1.82) is 0 Å². The van der Waals surface area contributed by atoms with E-state index in [9.17, 15) is 4.79 Å². The van der Waals surface area contributed by atoms with Crippen LogP contribution in [0.4, 0.5) is 11.5 Å². The van der Waals surface area contributed by atoms with Crippen molar-refractivity contribution in [2.45, 2.75) is 13.8 Å². The van der Waals surface area contributed by atoms with Crippen LogP contribution >= 0.6 is 0 Å². The van der Waals surface area contributed by atoms with Crippen LogP contribution in [0.2, 0.25) is 0 Å². The number of carbonyl (C=O) groups excluding carboxylic acids is 1. The molecule has 150 valence electrons. The second-order valence-corrected chi connectivity index (χ2v) is 6.73. The maximum atomic E-state index is 11.5. The van der Waals surface area contributed by atoms with E-state index in [1.54, 1.807) is 25.4 Å². The lowest BCUT2D eigenvalue weighted by Crippen LogP contribution is -2.00. The van der Waals surface area contributed by atoms with E-state index in [-0.39, 0.29) is 5.97 Å². The van der Waals surface area contributed by atoms with Crippen molar-refractivity contribution >= 4 is 34.5 Å². The van der Waals surface area contributed by atoms with Gasteiger partial charge in [0.2, 0.25) is 0 Å². The molecule has 0 radical (unpaired) electrons. The van der Waals surface area contributed by atoms with Crippen molar-refractivity contribution in [2.24, 2.45) is 0 Å².